The Kier molecular flexibility index (Phi) is 13.2. The van der Waals surface area contributed by atoms with Gasteiger partial charge in [-0.15, -0.1) is 0 Å². The van der Waals surface area contributed by atoms with Crippen LogP contribution in [0.4, 0.5) is 0 Å². The summed E-state index contributed by atoms with van der Waals surface area (Å²) in [5, 5.41) is 12.6. The van der Waals surface area contributed by atoms with Gasteiger partial charge in [0.1, 0.15) is 12.1 Å². The third-order valence-corrected chi connectivity index (χ3v) is 5.76. The predicted octanol–water partition coefficient (Wildman–Crippen LogP) is 4.15. The van der Waals surface area contributed by atoms with Crippen molar-refractivity contribution < 1.29 is 38.5 Å². The van der Waals surface area contributed by atoms with Crippen LogP contribution in [0.5, 0.6) is 11.5 Å². The molecular weight excluding hydrogens is 466 g/mol. The molecule has 1 aromatic rings. The first-order valence-corrected chi connectivity index (χ1v) is 12.6. The van der Waals surface area contributed by atoms with E-state index >= 15 is 0 Å². The molecule has 9 heteroatoms. The zero-order valence-corrected chi connectivity index (χ0v) is 22.5. The molecule has 202 valence electrons. The normalized spacial score (nSPS) is 14.4. The third-order valence-electron chi connectivity index (χ3n) is 5.76. The van der Waals surface area contributed by atoms with Crippen LogP contribution >= 0.6 is 0 Å². The van der Waals surface area contributed by atoms with Gasteiger partial charge in [0.05, 0.1) is 11.8 Å². The minimum Gasteiger partial charge on any atom is -0.480 e. The maximum atomic E-state index is 12.4. The number of carbonyl (C=O) groups is 4. The lowest BCUT2D eigenvalue weighted by Crippen LogP contribution is -2.42. The zero-order valence-electron chi connectivity index (χ0n) is 22.5. The molecule has 0 radical (unpaired) electrons. The molecule has 0 aliphatic carbocycles. The fourth-order valence-electron chi connectivity index (χ4n) is 3.03. The van der Waals surface area contributed by atoms with E-state index in [0.29, 0.717) is 24.8 Å². The second kappa shape index (κ2) is 15.2. The number of hydrogen-bond acceptors (Lipinski definition) is 8. The molecule has 0 saturated heterocycles. The molecule has 2 N–H and O–H groups in total. The maximum absolute atomic E-state index is 12.4. The van der Waals surface area contributed by atoms with Gasteiger partial charge in [-0.2, -0.15) is 0 Å². The summed E-state index contributed by atoms with van der Waals surface area (Å²) in [4.78, 5) is 48.5. The molecule has 0 aromatic heterocycles. The van der Waals surface area contributed by atoms with Crippen LogP contribution in [-0.2, 0) is 30.3 Å². The highest BCUT2D eigenvalue weighted by Gasteiger charge is 2.23. The van der Waals surface area contributed by atoms with Gasteiger partial charge < -0.3 is 24.6 Å². The number of carboxylic acid groups (broad SMARTS) is 1. The number of hydrogen-bond donors (Lipinski definition) is 2. The Labute approximate surface area is 213 Å². The van der Waals surface area contributed by atoms with Crippen LogP contribution in [0.3, 0.4) is 0 Å². The number of aliphatic carboxylic acids is 1. The minimum absolute atomic E-state index is 0.0644. The summed E-state index contributed by atoms with van der Waals surface area (Å²) in [6.45, 7) is 12.9. The van der Waals surface area contributed by atoms with Crippen LogP contribution in [0.2, 0.25) is 0 Å². The van der Waals surface area contributed by atoms with E-state index in [9.17, 15) is 24.3 Å². The van der Waals surface area contributed by atoms with E-state index in [1.807, 2.05) is 27.7 Å². The monoisotopic (exact) mass is 507 g/mol. The molecule has 0 heterocycles. The number of carbonyl (C=O) groups excluding carboxylic acids is 3. The Bertz CT molecular complexity index is 898. The van der Waals surface area contributed by atoms with Crippen LogP contribution < -0.4 is 14.8 Å². The first-order chi connectivity index (χ1) is 16.9. The lowest BCUT2D eigenvalue weighted by atomic mass is 10.0. The molecule has 0 aliphatic rings. The molecular formula is C27H41NO8. The largest absolute Gasteiger partial charge is 0.480 e. The second-order valence-corrected chi connectivity index (χ2v) is 9.64. The van der Waals surface area contributed by atoms with Crippen LogP contribution in [0, 0.1) is 17.8 Å². The molecule has 1 aromatic carbocycles. The maximum Gasteiger partial charge on any atom is 0.321 e. The van der Waals surface area contributed by atoms with E-state index in [-0.39, 0.29) is 48.2 Å². The molecule has 0 fully saturated rings. The SMILES string of the molecule is CCC(C)C(=O)Oc1ccc(C[C@H](NCC(C)OC(=O)CC(C)C)C(=O)O)cc1OC(=O)C(C)CC. The van der Waals surface area contributed by atoms with Crippen molar-refractivity contribution in [1.29, 1.82) is 0 Å². The fourth-order valence-corrected chi connectivity index (χ4v) is 3.03. The molecule has 0 saturated carbocycles. The van der Waals surface area contributed by atoms with E-state index in [2.05, 4.69) is 5.32 Å². The first kappa shape index (κ1) is 31.1. The molecule has 0 bridgehead atoms. The molecule has 1 rings (SSSR count). The smallest absolute Gasteiger partial charge is 0.321 e. The zero-order chi connectivity index (χ0) is 27.4. The lowest BCUT2D eigenvalue weighted by molar-refractivity contribution is -0.149. The van der Waals surface area contributed by atoms with E-state index in [0.717, 1.165) is 0 Å². The summed E-state index contributed by atoms with van der Waals surface area (Å²) >= 11 is 0. The van der Waals surface area contributed by atoms with Gasteiger partial charge in [0.25, 0.3) is 0 Å². The summed E-state index contributed by atoms with van der Waals surface area (Å²) in [5.74, 6) is -2.69. The highest BCUT2D eigenvalue weighted by Crippen LogP contribution is 2.31. The second-order valence-electron chi connectivity index (χ2n) is 9.64. The van der Waals surface area contributed by atoms with Crippen LogP contribution in [0.1, 0.15) is 73.3 Å². The van der Waals surface area contributed by atoms with Crippen LogP contribution in [0.15, 0.2) is 18.2 Å². The average molecular weight is 508 g/mol. The fraction of sp³-hybridized carbons (Fsp3) is 0.630. The third kappa shape index (κ3) is 10.8. The van der Waals surface area contributed by atoms with Gasteiger partial charge >= 0.3 is 23.9 Å². The molecule has 9 nitrogen and oxygen atoms in total. The number of esters is 3. The van der Waals surface area contributed by atoms with Gasteiger partial charge in [0, 0.05) is 13.0 Å². The summed E-state index contributed by atoms with van der Waals surface area (Å²) in [6.07, 6.45) is 1.02. The summed E-state index contributed by atoms with van der Waals surface area (Å²) in [6, 6.07) is 3.67. The molecule has 0 amide bonds. The van der Waals surface area contributed by atoms with Crippen molar-refractivity contribution in [2.45, 2.75) is 86.3 Å². The van der Waals surface area contributed by atoms with Crippen molar-refractivity contribution in [3.63, 3.8) is 0 Å². The number of rotatable bonds is 15. The highest BCUT2D eigenvalue weighted by atomic mass is 16.6. The number of nitrogens with one attached hydrogen (secondary N) is 1. The van der Waals surface area contributed by atoms with Crippen LogP contribution in [0.25, 0.3) is 0 Å². The number of ether oxygens (including phenoxy) is 3. The Morgan fingerprint density at radius 2 is 1.44 bits per heavy atom. The Balaban J connectivity index is 3.02. The van der Waals surface area contributed by atoms with Gasteiger partial charge in [-0.25, -0.2) is 0 Å². The molecule has 0 spiro atoms. The molecule has 3 unspecified atom stereocenters. The summed E-state index contributed by atoms with van der Waals surface area (Å²) in [7, 11) is 0. The number of carboxylic acids is 1. The van der Waals surface area contributed by atoms with E-state index < -0.39 is 30.1 Å². The molecule has 0 aliphatic heterocycles. The van der Waals surface area contributed by atoms with Gasteiger partial charge in [0.15, 0.2) is 11.5 Å². The van der Waals surface area contributed by atoms with Crippen molar-refractivity contribution in [1.82, 2.24) is 5.32 Å². The van der Waals surface area contributed by atoms with Crippen molar-refractivity contribution in [3.05, 3.63) is 23.8 Å². The minimum atomic E-state index is -1.08. The average Bonchev–Trinajstić information content (AvgIpc) is 2.80. The van der Waals surface area contributed by atoms with E-state index in [1.54, 1.807) is 26.8 Å². The van der Waals surface area contributed by atoms with Crippen molar-refractivity contribution in [2.24, 2.45) is 17.8 Å². The van der Waals surface area contributed by atoms with Crippen molar-refractivity contribution >= 4 is 23.9 Å². The van der Waals surface area contributed by atoms with E-state index in [1.165, 1.54) is 12.1 Å². The van der Waals surface area contributed by atoms with Gasteiger partial charge in [-0.1, -0.05) is 47.6 Å². The van der Waals surface area contributed by atoms with Gasteiger partial charge in [-0.3, -0.25) is 19.2 Å². The Morgan fingerprint density at radius 1 is 0.889 bits per heavy atom. The van der Waals surface area contributed by atoms with Crippen molar-refractivity contribution in [2.75, 3.05) is 6.54 Å². The highest BCUT2D eigenvalue weighted by molar-refractivity contribution is 5.78. The Morgan fingerprint density at radius 3 is 1.94 bits per heavy atom. The standard InChI is InChI=1S/C27H41NO8/c1-8-17(5)26(32)35-22-11-10-20(14-23(22)36-27(33)18(6)9-2)13-21(25(30)31)28-15-19(7)34-24(29)12-16(3)4/h10-11,14,16-19,21,28H,8-9,12-13,15H2,1-7H3,(H,30,31)/t17?,18?,19?,21-/m0/s1. The number of benzene rings is 1. The van der Waals surface area contributed by atoms with Crippen molar-refractivity contribution in [3.8, 4) is 11.5 Å². The Hall–Kier alpha value is -2.94. The van der Waals surface area contributed by atoms with Crippen LogP contribution in [-0.4, -0.2) is 47.7 Å². The summed E-state index contributed by atoms with van der Waals surface area (Å²) in [5.41, 5.74) is 0.564. The lowest BCUT2D eigenvalue weighted by Gasteiger charge is -2.20. The van der Waals surface area contributed by atoms with E-state index in [4.69, 9.17) is 14.2 Å². The predicted molar refractivity (Wildman–Crippen MR) is 135 cm³/mol. The van der Waals surface area contributed by atoms with Gasteiger partial charge in [0.2, 0.25) is 0 Å². The first-order valence-electron chi connectivity index (χ1n) is 12.6. The molecule has 4 atom stereocenters. The topological polar surface area (TPSA) is 128 Å². The van der Waals surface area contributed by atoms with Gasteiger partial charge in [-0.05, 0) is 49.8 Å². The molecule has 36 heavy (non-hydrogen) atoms. The summed E-state index contributed by atoms with van der Waals surface area (Å²) < 4.78 is 16.3. The quantitative estimate of drug-likeness (QED) is 0.266.